The van der Waals surface area contributed by atoms with Crippen LogP contribution in [0.4, 0.5) is 5.82 Å². The molecule has 3 rings (SSSR count). The number of amides is 1. The molecule has 3 aromatic rings. The SMILES string of the molecule is O=C(NCCc1ccc(Cl)cc1)c1cc(Br)cnc1NCc1ccncc1. The molecule has 0 saturated carbocycles. The zero-order chi connectivity index (χ0) is 19.1. The van der Waals surface area contributed by atoms with Gasteiger partial charge in [-0.1, -0.05) is 23.7 Å². The summed E-state index contributed by atoms with van der Waals surface area (Å²) in [4.78, 5) is 21.0. The fourth-order valence-electron chi connectivity index (χ4n) is 2.51. The van der Waals surface area contributed by atoms with E-state index in [1.165, 1.54) is 0 Å². The van der Waals surface area contributed by atoms with E-state index in [1.807, 2.05) is 36.4 Å². The van der Waals surface area contributed by atoms with Gasteiger partial charge in [-0.3, -0.25) is 9.78 Å². The number of hydrogen-bond acceptors (Lipinski definition) is 4. The number of carbonyl (C=O) groups excluding carboxylic acids is 1. The van der Waals surface area contributed by atoms with Crippen LogP contribution in [0.2, 0.25) is 5.02 Å². The first-order valence-electron chi connectivity index (χ1n) is 8.43. The second-order valence-corrected chi connectivity index (χ2v) is 7.24. The highest BCUT2D eigenvalue weighted by Crippen LogP contribution is 2.19. The predicted molar refractivity (Wildman–Crippen MR) is 111 cm³/mol. The molecule has 27 heavy (non-hydrogen) atoms. The van der Waals surface area contributed by atoms with E-state index in [-0.39, 0.29) is 5.91 Å². The van der Waals surface area contributed by atoms with Crippen molar-refractivity contribution in [3.63, 3.8) is 0 Å². The Morgan fingerprint density at radius 3 is 2.56 bits per heavy atom. The van der Waals surface area contributed by atoms with E-state index in [1.54, 1.807) is 24.7 Å². The Morgan fingerprint density at radius 2 is 1.81 bits per heavy atom. The topological polar surface area (TPSA) is 66.9 Å². The van der Waals surface area contributed by atoms with Crippen molar-refractivity contribution in [3.05, 3.63) is 87.2 Å². The summed E-state index contributed by atoms with van der Waals surface area (Å²) in [6.45, 7) is 1.08. The molecule has 2 N–H and O–H groups in total. The number of hydrogen-bond donors (Lipinski definition) is 2. The standard InChI is InChI=1S/C20H18BrClN4O/c21-16-11-18(19(26-13-16)25-12-15-5-8-23-9-6-15)20(27)24-10-7-14-1-3-17(22)4-2-14/h1-6,8-9,11,13H,7,10,12H2,(H,24,27)(H,25,26). The van der Waals surface area contributed by atoms with Crippen LogP contribution in [0.15, 0.2) is 65.5 Å². The highest BCUT2D eigenvalue weighted by molar-refractivity contribution is 9.10. The summed E-state index contributed by atoms with van der Waals surface area (Å²) < 4.78 is 0.750. The number of nitrogens with one attached hydrogen (secondary N) is 2. The molecular formula is C20H18BrClN4O. The second-order valence-electron chi connectivity index (χ2n) is 5.89. The minimum Gasteiger partial charge on any atom is -0.365 e. The van der Waals surface area contributed by atoms with Crippen molar-refractivity contribution in [2.45, 2.75) is 13.0 Å². The van der Waals surface area contributed by atoms with E-state index < -0.39 is 0 Å². The molecule has 138 valence electrons. The van der Waals surface area contributed by atoms with Gasteiger partial charge >= 0.3 is 0 Å². The molecule has 2 heterocycles. The Labute approximate surface area is 171 Å². The molecule has 0 aliphatic rings. The number of carbonyl (C=O) groups is 1. The highest BCUT2D eigenvalue weighted by Gasteiger charge is 2.13. The summed E-state index contributed by atoms with van der Waals surface area (Å²) in [6.07, 6.45) is 5.86. The highest BCUT2D eigenvalue weighted by atomic mass is 79.9. The van der Waals surface area contributed by atoms with Crippen LogP contribution in [-0.4, -0.2) is 22.4 Å². The Balaban J connectivity index is 1.62. The third-order valence-corrected chi connectivity index (χ3v) is 4.61. The van der Waals surface area contributed by atoms with E-state index >= 15 is 0 Å². The molecule has 1 aromatic carbocycles. The quantitative estimate of drug-likeness (QED) is 0.563. The van der Waals surface area contributed by atoms with Crippen molar-refractivity contribution in [1.29, 1.82) is 0 Å². The summed E-state index contributed by atoms with van der Waals surface area (Å²) in [5.74, 6) is 0.369. The van der Waals surface area contributed by atoms with Crippen LogP contribution in [-0.2, 0) is 13.0 Å². The molecule has 7 heteroatoms. The lowest BCUT2D eigenvalue weighted by atomic mass is 10.1. The molecule has 5 nitrogen and oxygen atoms in total. The number of pyridine rings is 2. The van der Waals surface area contributed by atoms with Gasteiger partial charge in [0.2, 0.25) is 0 Å². The Bertz CT molecular complexity index is 904. The van der Waals surface area contributed by atoms with Gasteiger partial charge in [-0.2, -0.15) is 0 Å². The van der Waals surface area contributed by atoms with Crippen LogP contribution in [0.3, 0.4) is 0 Å². The van der Waals surface area contributed by atoms with Crippen molar-refractivity contribution < 1.29 is 4.79 Å². The molecule has 2 aromatic heterocycles. The minimum atomic E-state index is -0.171. The molecule has 0 saturated heterocycles. The Kier molecular flexibility index (Phi) is 6.79. The minimum absolute atomic E-state index is 0.171. The normalized spacial score (nSPS) is 10.4. The molecule has 0 atom stereocenters. The molecule has 0 bridgehead atoms. The van der Waals surface area contributed by atoms with E-state index in [4.69, 9.17) is 11.6 Å². The number of aromatic nitrogens is 2. The third-order valence-electron chi connectivity index (χ3n) is 3.92. The summed E-state index contributed by atoms with van der Waals surface area (Å²) in [7, 11) is 0. The van der Waals surface area contributed by atoms with Gasteiger partial charge in [0.05, 0.1) is 5.56 Å². The average molecular weight is 446 g/mol. The van der Waals surface area contributed by atoms with Gasteiger partial charge < -0.3 is 10.6 Å². The first kappa shape index (κ1) is 19.3. The number of anilines is 1. The van der Waals surface area contributed by atoms with Crippen LogP contribution in [0, 0.1) is 0 Å². The lowest BCUT2D eigenvalue weighted by Crippen LogP contribution is -2.27. The lowest BCUT2D eigenvalue weighted by Gasteiger charge is -2.12. The van der Waals surface area contributed by atoms with Gasteiger partial charge in [0.25, 0.3) is 5.91 Å². The van der Waals surface area contributed by atoms with Crippen molar-refractivity contribution in [3.8, 4) is 0 Å². The Hall–Kier alpha value is -2.44. The van der Waals surface area contributed by atoms with E-state index in [2.05, 4.69) is 36.5 Å². The zero-order valence-electron chi connectivity index (χ0n) is 14.5. The fraction of sp³-hybridized carbons (Fsp3) is 0.150. The summed E-state index contributed by atoms with van der Waals surface area (Å²) >= 11 is 9.27. The first-order valence-corrected chi connectivity index (χ1v) is 9.60. The van der Waals surface area contributed by atoms with E-state index in [9.17, 15) is 4.79 Å². The molecule has 0 unspecified atom stereocenters. The first-order chi connectivity index (χ1) is 13.1. The Morgan fingerprint density at radius 1 is 1.07 bits per heavy atom. The van der Waals surface area contributed by atoms with Crippen LogP contribution < -0.4 is 10.6 Å². The van der Waals surface area contributed by atoms with Crippen LogP contribution >= 0.6 is 27.5 Å². The van der Waals surface area contributed by atoms with Gasteiger partial charge in [-0.25, -0.2) is 4.98 Å². The molecule has 0 fully saturated rings. The van der Waals surface area contributed by atoms with Gasteiger partial charge in [-0.15, -0.1) is 0 Å². The molecule has 0 aliphatic heterocycles. The fourth-order valence-corrected chi connectivity index (χ4v) is 2.96. The molecule has 0 radical (unpaired) electrons. The second kappa shape index (κ2) is 9.48. The van der Waals surface area contributed by atoms with Crippen molar-refractivity contribution in [2.24, 2.45) is 0 Å². The number of halogens is 2. The van der Waals surface area contributed by atoms with Crippen molar-refractivity contribution >= 4 is 39.3 Å². The largest absolute Gasteiger partial charge is 0.365 e. The maximum Gasteiger partial charge on any atom is 0.255 e. The van der Waals surface area contributed by atoms with Gasteiger partial charge in [0.15, 0.2) is 0 Å². The van der Waals surface area contributed by atoms with Crippen LogP contribution in [0.5, 0.6) is 0 Å². The van der Waals surface area contributed by atoms with Crippen LogP contribution in [0.1, 0.15) is 21.5 Å². The number of rotatable bonds is 7. The van der Waals surface area contributed by atoms with E-state index in [0.717, 1.165) is 22.0 Å². The summed E-state index contributed by atoms with van der Waals surface area (Å²) in [5, 5.41) is 6.86. The van der Waals surface area contributed by atoms with E-state index in [0.29, 0.717) is 29.5 Å². The number of nitrogens with zero attached hydrogens (tertiary/aromatic N) is 2. The van der Waals surface area contributed by atoms with Crippen LogP contribution in [0.25, 0.3) is 0 Å². The van der Waals surface area contributed by atoms with Gasteiger partial charge in [-0.05, 0) is 63.8 Å². The van der Waals surface area contributed by atoms with Gasteiger partial charge in [0.1, 0.15) is 5.82 Å². The summed E-state index contributed by atoms with van der Waals surface area (Å²) in [5.41, 5.74) is 2.67. The molecule has 1 amide bonds. The average Bonchev–Trinajstić information content (AvgIpc) is 2.69. The molecular weight excluding hydrogens is 428 g/mol. The number of benzene rings is 1. The van der Waals surface area contributed by atoms with Crippen molar-refractivity contribution in [2.75, 3.05) is 11.9 Å². The smallest absolute Gasteiger partial charge is 0.255 e. The maximum atomic E-state index is 12.6. The third kappa shape index (κ3) is 5.77. The van der Waals surface area contributed by atoms with Crippen molar-refractivity contribution in [1.82, 2.24) is 15.3 Å². The monoisotopic (exact) mass is 444 g/mol. The maximum absolute atomic E-state index is 12.6. The molecule has 0 aliphatic carbocycles. The molecule has 0 spiro atoms. The zero-order valence-corrected chi connectivity index (χ0v) is 16.8. The predicted octanol–water partition coefficient (Wildman–Crippen LogP) is 4.48. The lowest BCUT2D eigenvalue weighted by molar-refractivity contribution is 0.0954. The summed E-state index contributed by atoms with van der Waals surface area (Å²) in [6, 6.07) is 13.2. The van der Waals surface area contributed by atoms with Gasteiger partial charge in [0, 0.05) is 41.2 Å².